The Balaban J connectivity index is 2.63. The van der Waals surface area contributed by atoms with Gasteiger partial charge in [-0.05, 0) is 34.3 Å². The van der Waals surface area contributed by atoms with Crippen LogP contribution >= 0.6 is 27.3 Å². The standard InChI is InChI=1S/C9H12BrNO3S2/c1-6(5-16(2,13)14)11-9(12)8-7(10)3-4-15-8/h3-4,6H,5H2,1-2H3,(H,11,12). The summed E-state index contributed by atoms with van der Waals surface area (Å²) in [6, 6.07) is 1.39. The van der Waals surface area contributed by atoms with Crippen LogP contribution < -0.4 is 5.32 Å². The van der Waals surface area contributed by atoms with Crippen molar-refractivity contribution in [1.29, 1.82) is 0 Å². The molecule has 1 aromatic heterocycles. The molecule has 0 fully saturated rings. The summed E-state index contributed by atoms with van der Waals surface area (Å²) in [4.78, 5) is 12.3. The predicted octanol–water partition coefficient (Wildman–Crippen LogP) is 1.67. The molecule has 1 heterocycles. The molecule has 1 amide bonds. The van der Waals surface area contributed by atoms with Crippen LogP contribution in [0.3, 0.4) is 0 Å². The number of thiophene rings is 1. The van der Waals surface area contributed by atoms with Gasteiger partial charge in [0.05, 0.1) is 5.75 Å². The third-order valence-corrected chi connectivity index (χ3v) is 4.70. The molecule has 0 saturated heterocycles. The average Bonchev–Trinajstić information content (AvgIpc) is 2.47. The Morgan fingerprint density at radius 2 is 2.25 bits per heavy atom. The maximum absolute atomic E-state index is 11.7. The highest BCUT2D eigenvalue weighted by Crippen LogP contribution is 2.22. The highest BCUT2D eigenvalue weighted by Gasteiger charge is 2.16. The topological polar surface area (TPSA) is 63.2 Å². The van der Waals surface area contributed by atoms with Crippen LogP contribution in [0, 0.1) is 0 Å². The summed E-state index contributed by atoms with van der Waals surface area (Å²) >= 11 is 4.56. The second-order valence-electron chi connectivity index (χ2n) is 3.56. The van der Waals surface area contributed by atoms with Crippen LogP contribution in [0.25, 0.3) is 0 Å². The lowest BCUT2D eigenvalue weighted by Crippen LogP contribution is -2.37. The van der Waals surface area contributed by atoms with Crippen LogP contribution in [0.1, 0.15) is 16.6 Å². The largest absolute Gasteiger partial charge is 0.348 e. The van der Waals surface area contributed by atoms with Crippen molar-refractivity contribution in [3.05, 3.63) is 20.8 Å². The number of amides is 1. The molecular weight excluding hydrogens is 314 g/mol. The Morgan fingerprint density at radius 1 is 1.62 bits per heavy atom. The third kappa shape index (κ3) is 4.23. The quantitative estimate of drug-likeness (QED) is 0.915. The van der Waals surface area contributed by atoms with Crippen molar-refractivity contribution in [2.75, 3.05) is 12.0 Å². The van der Waals surface area contributed by atoms with Crippen molar-refractivity contribution < 1.29 is 13.2 Å². The lowest BCUT2D eigenvalue weighted by atomic mass is 10.3. The van der Waals surface area contributed by atoms with Gasteiger partial charge in [-0.15, -0.1) is 11.3 Å². The molecule has 1 N–H and O–H groups in total. The summed E-state index contributed by atoms with van der Waals surface area (Å²) in [6.07, 6.45) is 1.15. The van der Waals surface area contributed by atoms with Gasteiger partial charge in [0.15, 0.2) is 0 Å². The van der Waals surface area contributed by atoms with Crippen LogP contribution in [0.4, 0.5) is 0 Å². The molecule has 7 heteroatoms. The number of hydrogen-bond acceptors (Lipinski definition) is 4. The van der Waals surface area contributed by atoms with Gasteiger partial charge >= 0.3 is 0 Å². The molecule has 0 bridgehead atoms. The molecule has 1 unspecified atom stereocenters. The minimum Gasteiger partial charge on any atom is -0.348 e. The molecule has 0 radical (unpaired) electrons. The zero-order chi connectivity index (χ0) is 12.3. The van der Waals surface area contributed by atoms with E-state index in [1.165, 1.54) is 11.3 Å². The van der Waals surface area contributed by atoms with E-state index >= 15 is 0 Å². The van der Waals surface area contributed by atoms with Crippen LogP contribution in [-0.4, -0.2) is 32.4 Å². The summed E-state index contributed by atoms with van der Waals surface area (Å²) in [5.74, 6) is -0.306. The van der Waals surface area contributed by atoms with Crippen molar-refractivity contribution in [2.24, 2.45) is 0 Å². The molecule has 0 aliphatic rings. The van der Waals surface area contributed by atoms with E-state index in [4.69, 9.17) is 0 Å². The lowest BCUT2D eigenvalue weighted by Gasteiger charge is -2.11. The fraction of sp³-hybridized carbons (Fsp3) is 0.444. The molecule has 90 valence electrons. The number of nitrogens with one attached hydrogen (secondary N) is 1. The first-order valence-electron chi connectivity index (χ1n) is 4.51. The molecule has 0 aliphatic carbocycles. The molecular formula is C9H12BrNO3S2. The number of halogens is 1. The second-order valence-corrected chi connectivity index (χ2v) is 7.52. The summed E-state index contributed by atoms with van der Waals surface area (Å²) in [6.45, 7) is 1.67. The molecule has 0 aromatic carbocycles. The maximum Gasteiger partial charge on any atom is 0.262 e. The van der Waals surface area contributed by atoms with E-state index in [0.29, 0.717) is 4.88 Å². The van der Waals surface area contributed by atoms with Crippen LogP contribution in [0.15, 0.2) is 15.9 Å². The lowest BCUT2D eigenvalue weighted by molar-refractivity contribution is 0.0947. The van der Waals surface area contributed by atoms with Crippen LogP contribution in [0.2, 0.25) is 0 Å². The molecule has 4 nitrogen and oxygen atoms in total. The van der Waals surface area contributed by atoms with Gasteiger partial charge in [0, 0.05) is 16.8 Å². The smallest absolute Gasteiger partial charge is 0.262 e. The van der Waals surface area contributed by atoms with E-state index in [-0.39, 0.29) is 11.7 Å². The van der Waals surface area contributed by atoms with E-state index in [2.05, 4.69) is 21.2 Å². The van der Waals surface area contributed by atoms with Crippen LogP contribution in [-0.2, 0) is 9.84 Å². The second kappa shape index (κ2) is 5.29. The van der Waals surface area contributed by atoms with Crippen LogP contribution in [0.5, 0.6) is 0 Å². The van der Waals surface area contributed by atoms with Gasteiger partial charge < -0.3 is 5.32 Å². The van der Waals surface area contributed by atoms with Crippen molar-refractivity contribution >= 4 is 43.0 Å². The van der Waals surface area contributed by atoms with Gasteiger partial charge in [-0.25, -0.2) is 8.42 Å². The van der Waals surface area contributed by atoms with Gasteiger partial charge in [-0.1, -0.05) is 0 Å². The fourth-order valence-electron chi connectivity index (χ4n) is 1.24. The number of carbonyl (C=O) groups excluding carboxylic acids is 1. The van der Waals surface area contributed by atoms with E-state index < -0.39 is 15.9 Å². The number of hydrogen-bond donors (Lipinski definition) is 1. The number of carbonyl (C=O) groups is 1. The zero-order valence-electron chi connectivity index (χ0n) is 8.86. The third-order valence-electron chi connectivity index (χ3n) is 1.75. The van der Waals surface area contributed by atoms with Gasteiger partial charge in [-0.2, -0.15) is 0 Å². The van der Waals surface area contributed by atoms with Crippen molar-refractivity contribution in [1.82, 2.24) is 5.32 Å². The Labute approximate surface area is 107 Å². The first-order valence-corrected chi connectivity index (χ1v) is 8.24. The van der Waals surface area contributed by atoms with Crippen molar-refractivity contribution in [3.63, 3.8) is 0 Å². The Hall–Kier alpha value is -0.400. The highest BCUT2D eigenvalue weighted by molar-refractivity contribution is 9.10. The molecule has 1 atom stereocenters. The molecule has 0 aliphatic heterocycles. The Morgan fingerprint density at radius 3 is 2.69 bits per heavy atom. The van der Waals surface area contributed by atoms with E-state index in [9.17, 15) is 13.2 Å². The van der Waals surface area contributed by atoms with E-state index in [0.717, 1.165) is 10.7 Å². The maximum atomic E-state index is 11.7. The minimum atomic E-state index is -3.07. The van der Waals surface area contributed by atoms with E-state index in [1.54, 1.807) is 18.4 Å². The summed E-state index contributed by atoms with van der Waals surface area (Å²) < 4.78 is 22.8. The van der Waals surface area contributed by atoms with Gasteiger partial charge in [0.2, 0.25) is 0 Å². The summed E-state index contributed by atoms with van der Waals surface area (Å²) in [5.41, 5.74) is 0. The van der Waals surface area contributed by atoms with Gasteiger partial charge in [0.1, 0.15) is 14.7 Å². The first-order chi connectivity index (χ1) is 7.29. The normalized spacial score (nSPS) is 13.4. The highest BCUT2D eigenvalue weighted by atomic mass is 79.9. The SMILES string of the molecule is CC(CS(C)(=O)=O)NC(=O)c1sccc1Br. The van der Waals surface area contributed by atoms with E-state index in [1.807, 2.05) is 0 Å². The average molecular weight is 326 g/mol. The van der Waals surface area contributed by atoms with Crippen molar-refractivity contribution in [3.8, 4) is 0 Å². The van der Waals surface area contributed by atoms with Gasteiger partial charge in [0.25, 0.3) is 5.91 Å². The first kappa shape index (κ1) is 13.7. The predicted molar refractivity (Wildman–Crippen MR) is 68.7 cm³/mol. The molecule has 1 rings (SSSR count). The molecule has 16 heavy (non-hydrogen) atoms. The monoisotopic (exact) mass is 325 g/mol. The Kier molecular flexibility index (Phi) is 4.52. The number of sulfone groups is 1. The molecule has 0 spiro atoms. The summed E-state index contributed by atoms with van der Waals surface area (Å²) in [7, 11) is -3.07. The zero-order valence-corrected chi connectivity index (χ0v) is 12.1. The molecule has 0 saturated carbocycles. The Bertz CT molecular complexity index is 481. The fourth-order valence-corrected chi connectivity index (χ4v) is 3.69. The molecule has 1 aromatic rings. The minimum absolute atomic E-state index is 0.0538. The van der Waals surface area contributed by atoms with Gasteiger partial charge in [-0.3, -0.25) is 4.79 Å². The van der Waals surface area contributed by atoms with Crippen molar-refractivity contribution in [2.45, 2.75) is 13.0 Å². The summed E-state index contributed by atoms with van der Waals surface area (Å²) in [5, 5.41) is 4.43. The number of rotatable bonds is 4.